The Morgan fingerprint density at radius 2 is 2.25 bits per heavy atom. The van der Waals surface area contributed by atoms with Crippen LogP contribution in [0.1, 0.15) is 32.1 Å². The Balaban J connectivity index is 2.19. The highest BCUT2D eigenvalue weighted by molar-refractivity contribution is 5.92. The van der Waals surface area contributed by atoms with Gasteiger partial charge in [0, 0.05) is 12.6 Å². The summed E-state index contributed by atoms with van der Waals surface area (Å²) >= 11 is 0. The van der Waals surface area contributed by atoms with E-state index in [2.05, 4.69) is 21.8 Å². The molecule has 0 spiro atoms. The van der Waals surface area contributed by atoms with E-state index < -0.39 is 30.7 Å². The summed E-state index contributed by atoms with van der Waals surface area (Å²) in [5.41, 5.74) is 4.74. The van der Waals surface area contributed by atoms with E-state index in [1.807, 2.05) is 6.92 Å². The molecule has 4 N–H and O–H groups in total. The molecule has 1 aliphatic rings. The number of ether oxygens (including phenoxy) is 1. The zero-order valence-corrected chi connectivity index (χ0v) is 13.4. The molecule has 0 saturated carbocycles. The minimum Gasteiger partial charge on any atom is -0.394 e. The fourth-order valence-corrected chi connectivity index (χ4v) is 2.93. The Hall–Kier alpha value is -2.21. The Morgan fingerprint density at radius 1 is 1.50 bits per heavy atom. The summed E-state index contributed by atoms with van der Waals surface area (Å²) in [7, 11) is 0. The highest BCUT2D eigenvalue weighted by Gasteiger charge is 2.55. The third-order valence-corrected chi connectivity index (χ3v) is 4.19. The number of rotatable bonds is 2. The summed E-state index contributed by atoms with van der Waals surface area (Å²) in [6.07, 6.45) is -0.144. The molecule has 0 amide bonds. The second-order valence-electron chi connectivity index (χ2n) is 5.87. The third kappa shape index (κ3) is 2.41. The Morgan fingerprint density at radius 3 is 2.88 bits per heavy atom. The molecule has 3 heterocycles. The zero-order valence-electron chi connectivity index (χ0n) is 13.4. The Labute approximate surface area is 138 Å². The first-order valence-electron chi connectivity index (χ1n) is 7.65. The molecule has 2 unspecified atom stereocenters. The maximum atomic E-state index is 15.1. The minimum atomic E-state index is -2.12. The summed E-state index contributed by atoms with van der Waals surface area (Å²) in [5.74, 6) is 6.14. The number of aliphatic hydroxyl groups is 2. The van der Waals surface area contributed by atoms with E-state index >= 15 is 4.39 Å². The van der Waals surface area contributed by atoms with Gasteiger partial charge in [0.1, 0.15) is 30.0 Å². The lowest BCUT2D eigenvalue weighted by Gasteiger charge is -2.25. The lowest BCUT2D eigenvalue weighted by atomic mass is 9.98. The number of aromatic nitrogens is 3. The van der Waals surface area contributed by atoms with Gasteiger partial charge in [-0.2, -0.15) is 0 Å². The normalized spacial score (nSPS) is 29.6. The first-order valence-corrected chi connectivity index (χ1v) is 7.65. The number of aliphatic hydroxyl groups excluding tert-OH is 2. The van der Waals surface area contributed by atoms with E-state index in [9.17, 15) is 10.2 Å². The molecule has 2 aromatic heterocycles. The van der Waals surface area contributed by atoms with Crippen molar-refractivity contribution in [3.63, 3.8) is 0 Å². The monoisotopic (exact) mass is 334 g/mol. The molecule has 0 aliphatic carbocycles. The van der Waals surface area contributed by atoms with Crippen LogP contribution in [-0.4, -0.2) is 49.2 Å². The number of hydrogen-bond donors (Lipinski definition) is 3. The Bertz CT molecular complexity index is 824. The number of nitrogens with zero attached hydrogens (tertiary/aromatic N) is 3. The molecule has 0 bridgehead atoms. The van der Waals surface area contributed by atoms with Crippen molar-refractivity contribution in [2.75, 3.05) is 12.3 Å². The van der Waals surface area contributed by atoms with Gasteiger partial charge in [0.05, 0.1) is 17.6 Å². The molecular formula is C16H19FN4O3. The largest absolute Gasteiger partial charge is 0.394 e. The van der Waals surface area contributed by atoms with Gasteiger partial charge in [0.15, 0.2) is 11.9 Å². The van der Waals surface area contributed by atoms with Crippen LogP contribution in [0, 0.1) is 11.8 Å². The summed E-state index contributed by atoms with van der Waals surface area (Å²) in [6.45, 7) is 2.65. The minimum absolute atomic E-state index is 0.233. The van der Waals surface area contributed by atoms with Gasteiger partial charge in [-0.05, 0) is 6.92 Å². The van der Waals surface area contributed by atoms with Gasteiger partial charge in [-0.25, -0.2) is 14.4 Å². The molecule has 1 aliphatic heterocycles. The van der Waals surface area contributed by atoms with Gasteiger partial charge in [0.25, 0.3) is 0 Å². The summed E-state index contributed by atoms with van der Waals surface area (Å²) in [5, 5.41) is 19.9. The second kappa shape index (κ2) is 6.02. The third-order valence-electron chi connectivity index (χ3n) is 4.19. The van der Waals surface area contributed by atoms with Crippen LogP contribution in [0.2, 0.25) is 0 Å². The van der Waals surface area contributed by atoms with Crippen molar-refractivity contribution in [3.05, 3.63) is 18.1 Å². The second-order valence-corrected chi connectivity index (χ2v) is 5.87. The van der Waals surface area contributed by atoms with Crippen LogP contribution in [0.3, 0.4) is 0 Å². The molecule has 128 valence electrons. The van der Waals surface area contributed by atoms with Crippen LogP contribution < -0.4 is 5.73 Å². The average molecular weight is 334 g/mol. The fraction of sp³-hybridized carbons (Fsp3) is 0.500. The first-order chi connectivity index (χ1) is 11.4. The van der Waals surface area contributed by atoms with E-state index in [1.165, 1.54) is 17.8 Å². The summed E-state index contributed by atoms with van der Waals surface area (Å²) < 4.78 is 22.0. The molecule has 3 rings (SSSR count). The maximum absolute atomic E-state index is 15.1. The van der Waals surface area contributed by atoms with Crippen molar-refractivity contribution < 1.29 is 19.3 Å². The SMILES string of the molecule is CCC#Cc1cn(C2OC(CO)[C@@H](O)[C@]2(C)F)c2ncnc(N)c12. The standard InChI is InChI=1S/C16H19FN4O3/c1-3-4-5-9-6-21(14-11(9)13(18)19-8-20-14)15-16(2,17)12(23)10(7-22)24-15/h6,8,10,12,15,22-23H,3,7H2,1-2H3,(H2,18,19,20)/t10?,12-,15?,16+/m1/s1. The van der Waals surface area contributed by atoms with Crippen molar-refractivity contribution in [1.82, 2.24) is 14.5 Å². The van der Waals surface area contributed by atoms with Crippen molar-refractivity contribution in [2.45, 2.75) is 44.4 Å². The van der Waals surface area contributed by atoms with E-state index in [0.717, 1.165) is 0 Å². The van der Waals surface area contributed by atoms with Crippen molar-refractivity contribution >= 4 is 16.9 Å². The van der Waals surface area contributed by atoms with Gasteiger partial charge in [0.2, 0.25) is 0 Å². The maximum Gasteiger partial charge on any atom is 0.181 e. The number of alkyl halides is 1. The van der Waals surface area contributed by atoms with Crippen LogP contribution in [0.5, 0.6) is 0 Å². The smallest absolute Gasteiger partial charge is 0.181 e. The molecule has 0 radical (unpaired) electrons. The lowest BCUT2D eigenvalue weighted by Crippen LogP contribution is -2.40. The number of fused-ring (bicyclic) bond motifs is 1. The molecule has 8 heteroatoms. The highest BCUT2D eigenvalue weighted by Crippen LogP contribution is 2.43. The number of nitrogens with two attached hydrogens (primary N) is 1. The van der Waals surface area contributed by atoms with Crippen LogP contribution in [-0.2, 0) is 4.74 Å². The number of nitrogen functional groups attached to an aromatic ring is 1. The van der Waals surface area contributed by atoms with Gasteiger partial charge in [-0.3, -0.25) is 0 Å². The van der Waals surface area contributed by atoms with Crippen molar-refractivity contribution in [3.8, 4) is 11.8 Å². The van der Waals surface area contributed by atoms with E-state index in [-0.39, 0.29) is 5.82 Å². The number of anilines is 1. The molecule has 24 heavy (non-hydrogen) atoms. The predicted molar refractivity (Wildman–Crippen MR) is 85.6 cm³/mol. The Kier molecular flexibility index (Phi) is 4.17. The molecule has 7 nitrogen and oxygen atoms in total. The van der Waals surface area contributed by atoms with Crippen molar-refractivity contribution in [2.24, 2.45) is 0 Å². The van der Waals surface area contributed by atoms with E-state index in [1.54, 1.807) is 6.20 Å². The van der Waals surface area contributed by atoms with Gasteiger partial charge in [-0.15, -0.1) is 0 Å². The highest BCUT2D eigenvalue weighted by atomic mass is 19.1. The number of hydrogen-bond acceptors (Lipinski definition) is 6. The topological polar surface area (TPSA) is 106 Å². The fourth-order valence-electron chi connectivity index (χ4n) is 2.93. The molecule has 4 atom stereocenters. The zero-order chi connectivity index (χ0) is 17.5. The molecule has 1 saturated heterocycles. The van der Waals surface area contributed by atoms with E-state index in [4.69, 9.17) is 10.5 Å². The average Bonchev–Trinajstić information content (AvgIpc) is 3.02. The molecular weight excluding hydrogens is 315 g/mol. The molecule has 0 aromatic carbocycles. The molecule has 2 aromatic rings. The summed E-state index contributed by atoms with van der Waals surface area (Å²) in [4.78, 5) is 8.13. The van der Waals surface area contributed by atoms with Gasteiger partial charge >= 0.3 is 0 Å². The first kappa shape index (κ1) is 16.6. The molecule has 1 fully saturated rings. The quantitative estimate of drug-likeness (QED) is 0.700. The van der Waals surface area contributed by atoms with Crippen LogP contribution in [0.25, 0.3) is 11.0 Å². The van der Waals surface area contributed by atoms with Gasteiger partial charge < -0.3 is 25.3 Å². The van der Waals surface area contributed by atoms with Gasteiger partial charge in [-0.1, -0.05) is 18.8 Å². The lowest BCUT2D eigenvalue weighted by molar-refractivity contribution is -0.0564. The van der Waals surface area contributed by atoms with Crippen LogP contribution >= 0.6 is 0 Å². The number of halogens is 1. The van der Waals surface area contributed by atoms with E-state index in [0.29, 0.717) is 23.0 Å². The van der Waals surface area contributed by atoms with Crippen molar-refractivity contribution in [1.29, 1.82) is 0 Å². The van der Waals surface area contributed by atoms with Crippen LogP contribution in [0.4, 0.5) is 10.2 Å². The van der Waals surface area contributed by atoms with Crippen LogP contribution in [0.15, 0.2) is 12.5 Å². The summed E-state index contributed by atoms with van der Waals surface area (Å²) in [6, 6.07) is 0. The predicted octanol–water partition coefficient (Wildman–Crippen LogP) is 0.754.